The molecule has 0 radical (unpaired) electrons. The Labute approximate surface area is 220 Å². The highest BCUT2D eigenvalue weighted by atomic mass is 35.5. The molecule has 3 amide bonds. The van der Waals surface area contributed by atoms with Crippen LogP contribution in [0.15, 0.2) is 29.4 Å². The Morgan fingerprint density at radius 2 is 1.94 bits per heavy atom. The van der Waals surface area contributed by atoms with Crippen LogP contribution in [0.25, 0.3) is 0 Å². The van der Waals surface area contributed by atoms with Gasteiger partial charge in [0.25, 0.3) is 0 Å². The van der Waals surface area contributed by atoms with Gasteiger partial charge in [-0.3, -0.25) is 4.79 Å². The van der Waals surface area contributed by atoms with Crippen molar-refractivity contribution in [2.24, 2.45) is 0 Å². The summed E-state index contributed by atoms with van der Waals surface area (Å²) in [5.74, 6) is 2.08. The number of fused-ring (bicyclic) bond motifs is 1. The number of benzene rings is 1. The number of hydrogen-bond acceptors (Lipinski definition) is 8. The molecule has 0 aliphatic carbocycles. The number of rotatable bonds is 6. The first-order valence-corrected chi connectivity index (χ1v) is 13.1. The first-order chi connectivity index (χ1) is 17.1. The van der Waals surface area contributed by atoms with Crippen LogP contribution < -0.4 is 25.0 Å². The average Bonchev–Trinajstić information content (AvgIpc) is 3.28. The number of carbonyl (C=O) groups is 2. The van der Waals surface area contributed by atoms with Crippen molar-refractivity contribution >= 4 is 41.1 Å². The van der Waals surface area contributed by atoms with E-state index in [9.17, 15) is 9.59 Å². The van der Waals surface area contributed by atoms with Gasteiger partial charge in [-0.1, -0.05) is 29.4 Å². The number of piperazine rings is 1. The van der Waals surface area contributed by atoms with Crippen LogP contribution in [-0.2, 0) is 11.3 Å². The summed E-state index contributed by atoms with van der Waals surface area (Å²) in [6.07, 6.45) is 0. The van der Waals surface area contributed by atoms with Crippen molar-refractivity contribution in [3.63, 3.8) is 0 Å². The van der Waals surface area contributed by atoms with Gasteiger partial charge < -0.3 is 29.9 Å². The summed E-state index contributed by atoms with van der Waals surface area (Å²) < 4.78 is 10.7. The smallest absolute Gasteiger partial charge is 0.318 e. The molecule has 0 bridgehead atoms. The number of anilines is 1. The Morgan fingerprint density at radius 3 is 2.69 bits per heavy atom. The second kappa shape index (κ2) is 11.0. The van der Waals surface area contributed by atoms with Crippen molar-refractivity contribution in [2.75, 3.05) is 37.1 Å². The summed E-state index contributed by atoms with van der Waals surface area (Å²) in [5, 5.41) is 6.65. The maximum absolute atomic E-state index is 12.6. The molecular formula is C24H31ClN6O4S. The molecular weight excluding hydrogens is 504 g/mol. The number of halogens is 1. The molecule has 3 heterocycles. The largest absolute Gasteiger partial charge is 0.454 e. The van der Waals surface area contributed by atoms with Crippen LogP contribution in [0.4, 0.5) is 10.6 Å². The molecule has 4 rings (SSSR count). The number of nitrogens with one attached hydrogen (secondary N) is 2. The lowest BCUT2D eigenvalue weighted by Crippen LogP contribution is -2.59. The molecule has 1 aromatic carbocycles. The summed E-state index contributed by atoms with van der Waals surface area (Å²) in [4.78, 5) is 37.8. The molecule has 2 aromatic rings. The summed E-state index contributed by atoms with van der Waals surface area (Å²) in [6.45, 7) is 10.3. The molecule has 1 aromatic heterocycles. The second-order valence-electron chi connectivity index (χ2n) is 9.75. The summed E-state index contributed by atoms with van der Waals surface area (Å²) in [7, 11) is 0. The zero-order valence-corrected chi connectivity index (χ0v) is 22.4. The number of amides is 3. The molecule has 12 heteroatoms. The minimum absolute atomic E-state index is 0.00657. The lowest BCUT2D eigenvalue weighted by atomic mass is 10.1. The van der Waals surface area contributed by atoms with Gasteiger partial charge in [0.05, 0.1) is 5.75 Å². The van der Waals surface area contributed by atoms with Gasteiger partial charge in [0.1, 0.15) is 11.0 Å². The van der Waals surface area contributed by atoms with Crippen molar-refractivity contribution < 1.29 is 19.1 Å². The van der Waals surface area contributed by atoms with E-state index in [1.165, 1.54) is 11.8 Å². The maximum Gasteiger partial charge on any atom is 0.318 e. The van der Waals surface area contributed by atoms with Crippen LogP contribution in [0.5, 0.6) is 11.5 Å². The number of carbonyl (C=O) groups excluding carboxylic acids is 2. The van der Waals surface area contributed by atoms with Crippen LogP contribution in [0, 0.1) is 0 Å². The molecule has 2 aliphatic rings. The number of aromatic nitrogens is 2. The highest BCUT2D eigenvalue weighted by Gasteiger charge is 2.30. The number of thioether (sulfide) groups is 1. The topological polar surface area (TPSA) is 109 Å². The second-order valence-corrected chi connectivity index (χ2v) is 11.1. The van der Waals surface area contributed by atoms with Gasteiger partial charge in [-0.05, 0) is 45.4 Å². The van der Waals surface area contributed by atoms with Gasteiger partial charge in [0, 0.05) is 43.8 Å². The van der Waals surface area contributed by atoms with Gasteiger partial charge in [-0.2, -0.15) is 0 Å². The van der Waals surface area contributed by atoms with Crippen LogP contribution >= 0.6 is 23.4 Å². The number of urea groups is 1. The predicted molar refractivity (Wildman–Crippen MR) is 139 cm³/mol. The van der Waals surface area contributed by atoms with Gasteiger partial charge in [-0.15, -0.1) is 0 Å². The Bertz CT molecular complexity index is 1130. The Kier molecular flexibility index (Phi) is 7.99. The SMILES string of the molecule is CC1CN(c2cc(Cl)nc(SCC(=O)NCc3ccc4c(c3)OCO4)n2)CCN1C(=O)NC(C)(C)C. The van der Waals surface area contributed by atoms with Crippen molar-refractivity contribution in [1.82, 2.24) is 25.5 Å². The van der Waals surface area contributed by atoms with E-state index in [1.54, 1.807) is 6.07 Å². The molecule has 2 N–H and O–H groups in total. The zero-order valence-electron chi connectivity index (χ0n) is 20.8. The molecule has 0 spiro atoms. The fourth-order valence-corrected chi connectivity index (χ4v) is 4.82. The highest BCUT2D eigenvalue weighted by Crippen LogP contribution is 2.32. The highest BCUT2D eigenvalue weighted by molar-refractivity contribution is 7.99. The van der Waals surface area contributed by atoms with E-state index in [2.05, 4.69) is 25.5 Å². The van der Waals surface area contributed by atoms with Crippen LogP contribution in [0.2, 0.25) is 5.15 Å². The van der Waals surface area contributed by atoms with E-state index in [0.29, 0.717) is 53.8 Å². The molecule has 0 saturated carbocycles. The lowest BCUT2D eigenvalue weighted by Gasteiger charge is -2.41. The molecule has 1 fully saturated rings. The third-order valence-electron chi connectivity index (χ3n) is 5.61. The third kappa shape index (κ3) is 6.85. The summed E-state index contributed by atoms with van der Waals surface area (Å²) >= 11 is 7.50. The van der Waals surface area contributed by atoms with Crippen LogP contribution in [-0.4, -0.2) is 70.6 Å². The number of nitrogens with zero attached hydrogens (tertiary/aromatic N) is 4. The van der Waals surface area contributed by atoms with Crippen molar-refractivity contribution in [1.29, 1.82) is 0 Å². The zero-order chi connectivity index (χ0) is 25.9. The molecule has 36 heavy (non-hydrogen) atoms. The molecule has 1 unspecified atom stereocenters. The fourth-order valence-electron chi connectivity index (χ4n) is 3.90. The lowest BCUT2D eigenvalue weighted by molar-refractivity contribution is -0.118. The van der Waals surface area contributed by atoms with Crippen LogP contribution in [0.3, 0.4) is 0 Å². The van der Waals surface area contributed by atoms with Gasteiger partial charge in [-0.25, -0.2) is 14.8 Å². The Balaban J connectivity index is 1.30. The average molecular weight is 535 g/mol. The minimum Gasteiger partial charge on any atom is -0.454 e. The first kappa shape index (κ1) is 26.2. The van der Waals surface area contributed by atoms with Crippen molar-refractivity contribution in [3.05, 3.63) is 35.0 Å². The standard InChI is InChI=1S/C24H31ClN6O4S/c1-15-12-30(7-8-31(15)23(33)29-24(2,3)4)20-10-19(25)27-22(28-20)36-13-21(32)26-11-16-5-6-17-18(9-16)35-14-34-17/h5-6,9-10,15H,7-8,11-14H2,1-4H3,(H,26,32)(H,29,33). The molecule has 1 saturated heterocycles. The summed E-state index contributed by atoms with van der Waals surface area (Å²) in [5.41, 5.74) is 0.625. The fraction of sp³-hybridized carbons (Fsp3) is 0.500. The third-order valence-corrected chi connectivity index (χ3v) is 6.66. The first-order valence-electron chi connectivity index (χ1n) is 11.7. The maximum atomic E-state index is 12.6. The van der Waals surface area contributed by atoms with E-state index < -0.39 is 0 Å². The Hall–Kier alpha value is -2.92. The normalized spacial score (nSPS) is 17.2. The van der Waals surface area contributed by atoms with Gasteiger partial charge >= 0.3 is 6.03 Å². The van der Waals surface area contributed by atoms with E-state index >= 15 is 0 Å². The molecule has 1 atom stereocenters. The van der Waals surface area contributed by atoms with E-state index in [1.807, 2.05) is 50.8 Å². The van der Waals surface area contributed by atoms with Crippen molar-refractivity contribution in [2.45, 2.75) is 51.0 Å². The number of ether oxygens (including phenoxy) is 2. The molecule has 2 aliphatic heterocycles. The van der Waals surface area contributed by atoms with Gasteiger partial charge in [0.15, 0.2) is 16.7 Å². The predicted octanol–water partition coefficient (Wildman–Crippen LogP) is 3.29. The monoisotopic (exact) mass is 534 g/mol. The molecule has 194 valence electrons. The van der Waals surface area contributed by atoms with Gasteiger partial charge in [0.2, 0.25) is 12.7 Å². The minimum atomic E-state index is -0.295. The number of hydrogen-bond donors (Lipinski definition) is 2. The van der Waals surface area contributed by atoms with E-state index in [0.717, 1.165) is 5.56 Å². The van der Waals surface area contributed by atoms with E-state index in [4.69, 9.17) is 21.1 Å². The quantitative estimate of drug-likeness (QED) is 0.330. The molecule has 10 nitrogen and oxygen atoms in total. The van der Waals surface area contributed by atoms with E-state index in [-0.39, 0.29) is 36.1 Å². The summed E-state index contributed by atoms with van der Waals surface area (Å²) in [6, 6.07) is 7.21. The van der Waals surface area contributed by atoms with Crippen LogP contribution in [0.1, 0.15) is 33.3 Å². The Morgan fingerprint density at radius 1 is 1.17 bits per heavy atom. The van der Waals surface area contributed by atoms with Crippen molar-refractivity contribution in [3.8, 4) is 11.5 Å².